The van der Waals surface area contributed by atoms with Crippen LogP contribution in [0.3, 0.4) is 0 Å². The number of nitriles is 1. The lowest BCUT2D eigenvalue weighted by Gasteiger charge is -2.09. The van der Waals surface area contributed by atoms with E-state index in [2.05, 4.69) is 15.6 Å². The molecule has 0 atom stereocenters. The summed E-state index contributed by atoms with van der Waals surface area (Å²) in [5.41, 5.74) is 3.34. The molecule has 4 aromatic rings. The van der Waals surface area contributed by atoms with Crippen LogP contribution in [0.1, 0.15) is 10.4 Å². The number of hydrogen-bond acceptors (Lipinski definition) is 5. The molecule has 0 aliphatic carbocycles. The second kappa shape index (κ2) is 8.59. The standard InChI is InChI=1S/C22H14FN5OS/c23-17-5-1-15(2-6-17)21-13-25-27-28(21)19-9-3-16(4-10-19)22(29)26-18-7-11-20(12-8-18)30-14-24/h1-13H,(H,26,29). The number of carbonyl (C=O) groups excluding carboxylic acids is 1. The van der Waals surface area contributed by atoms with E-state index in [1.165, 1.54) is 12.1 Å². The van der Waals surface area contributed by atoms with Crippen molar-refractivity contribution in [1.29, 1.82) is 5.26 Å². The van der Waals surface area contributed by atoms with E-state index in [0.29, 0.717) is 16.9 Å². The van der Waals surface area contributed by atoms with Gasteiger partial charge in [0, 0.05) is 21.7 Å². The molecule has 1 aromatic heterocycles. The molecule has 1 N–H and O–H groups in total. The first-order valence-corrected chi connectivity index (χ1v) is 9.70. The van der Waals surface area contributed by atoms with Gasteiger partial charge in [-0.25, -0.2) is 9.07 Å². The van der Waals surface area contributed by atoms with Crippen molar-refractivity contribution in [2.45, 2.75) is 4.90 Å². The number of thioether (sulfide) groups is 1. The van der Waals surface area contributed by atoms with Crippen molar-refractivity contribution >= 4 is 23.4 Å². The number of rotatable bonds is 5. The van der Waals surface area contributed by atoms with E-state index in [1.807, 2.05) is 5.40 Å². The second-order valence-corrected chi connectivity index (χ2v) is 7.11. The Morgan fingerprint density at radius 3 is 2.37 bits per heavy atom. The summed E-state index contributed by atoms with van der Waals surface area (Å²) >= 11 is 1.06. The molecular weight excluding hydrogens is 401 g/mol. The third kappa shape index (κ3) is 4.21. The summed E-state index contributed by atoms with van der Waals surface area (Å²) in [4.78, 5) is 13.3. The lowest BCUT2D eigenvalue weighted by molar-refractivity contribution is 0.102. The number of carbonyl (C=O) groups is 1. The molecule has 0 spiro atoms. The fourth-order valence-corrected chi connectivity index (χ4v) is 3.24. The molecule has 1 amide bonds. The maximum atomic E-state index is 13.2. The lowest BCUT2D eigenvalue weighted by atomic mass is 10.1. The summed E-state index contributed by atoms with van der Waals surface area (Å²) in [7, 11) is 0. The van der Waals surface area contributed by atoms with Gasteiger partial charge in [-0.2, -0.15) is 5.26 Å². The number of thiocyanates is 1. The molecule has 146 valence electrons. The number of benzene rings is 3. The Hall–Kier alpha value is -3.96. The van der Waals surface area contributed by atoms with Crippen molar-refractivity contribution in [3.05, 3.63) is 90.4 Å². The van der Waals surface area contributed by atoms with E-state index in [-0.39, 0.29) is 11.7 Å². The maximum absolute atomic E-state index is 13.2. The number of amides is 1. The average Bonchev–Trinajstić information content (AvgIpc) is 3.26. The predicted molar refractivity (Wildman–Crippen MR) is 113 cm³/mol. The molecule has 0 radical (unpaired) electrons. The zero-order valence-electron chi connectivity index (χ0n) is 15.5. The first kappa shape index (κ1) is 19.4. The first-order valence-electron chi connectivity index (χ1n) is 8.88. The minimum absolute atomic E-state index is 0.250. The van der Waals surface area contributed by atoms with Gasteiger partial charge in [0.1, 0.15) is 11.2 Å². The second-order valence-electron chi connectivity index (χ2n) is 6.26. The first-order chi connectivity index (χ1) is 14.6. The number of halogens is 1. The highest BCUT2D eigenvalue weighted by Crippen LogP contribution is 2.23. The third-order valence-electron chi connectivity index (χ3n) is 4.34. The molecule has 0 unspecified atom stereocenters. The fourth-order valence-electron chi connectivity index (χ4n) is 2.86. The summed E-state index contributed by atoms with van der Waals surface area (Å²) in [6, 6.07) is 20.0. The average molecular weight is 415 g/mol. The van der Waals surface area contributed by atoms with Crippen molar-refractivity contribution in [2.75, 3.05) is 5.32 Å². The number of nitrogens with one attached hydrogen (secondary N) is 1. The van der Waals surface area contributed by atoms with Crippen molar-refractivity contribution < 1.29 is 9.18 Å². The fraction of sp³-hybridized carbons (Fsp3) is 0. The van der Waals surface area contributed by atoms with Gasteiger partial charge in [-0.3, -0.25) is 4.79 Å². The topological polar surface area (TPSA) is 83.6 Å². The van der Waals surface area contributed by atoms with Crippen LogP contribution in [0.2, 0.25) is 0 Å². The van der Waals surface area contributed by atoms with Gasteiger partial charge in [-0.15, -0.1) is 5.10 Å². The van der Waals surface area contributed by atoms with Crippen LogP contribution < -0.4 is 5.32 Å². The quantitative estimate of drug-likeness (QED) is 0.370. The monoisotopic (exact) mass is 415 g/mol. The predicted octanol–water partition coefficient (Wildman–Crippen LogP) is 4.90. The zero-order valence-corrected chi connectivity index (χ0v) is 16.3. The molecule has 0 aliphatic heterocycles. The van der Waals surface area contributed by atoms with E-state index < -0.39 is 0 Å². The summed E-state index contributed by atoms with van der Waals surface area (Å²) in [6.45, 7) is 0. The van der Waals surface area contributed by atoms with E-state index in [0.717, 1.165) is 27.9 Å². The Morgan fingerprint density at radius 2 is 1.70 bits per heavy atom. The molecule has 0 aliphatic rings. The maximum Gasteiger partial charge on any atom is 0.255 e. The van der Waals surface area contributed by atoms with Crippen LogP contribution >= 0.6 is 11.8 Å². The summed E-state index contributed by atoms with van der Waals surface area (Å²) in [6.07, 6.45) is 1.60. The lowest BCUT2D eigenvalue weighted by Crippen LogP contribution is -2.12. The molecule has 8 heteroatoms. The van der Waals surface area contributed by atoms with Crippen LogP contribution in [0.5, 0.6) is 0 Å². The van der Waals surface area contributed by atoms with Crippen molar-refractivity contribution in [3.8, 4) is 22.3 Å². The van der Waals surface area contributed by atoms with Crippen LogP contribution in [-0.2, 0) is 0 Å². The summed E-state index contributed by atoms with van der Waals surface area (Å²) in [5.74, 6) is -0.564. The Kier molecular flexibility index (Phi) is 5.54. The van der Waals surface area contributed by atoms with Gasteiger partial charge in [0.15, 0.2) is 0 Å². The molecule has 1 heterocycles. The summed E-state index contributed by atoms with van der Waals surface area (Å²) in [5, 5.41) is 21.6. The molecular formula is C22H14FN5OS. The van der Waals surface area contributed by atoms with Crippen LogP contribution in [0.15, 0.2) is 83.9 Å². The highest BCUT2D eigenvalue weighted by Gasteiger charge is 2.11. The minimum atomic E-state index is -0.313. The van der Waals surface area contributed by atoms with Gasteiger partial charge in [0.05, 0.1) is 17.6 Å². The largest absolute Gasteiger partial charge is 0.322 e. The normalized spacial score (nSPS) is 10.4. The molecule has 3 aromatic carbocycles. The Labute approximate surface area is 176 Å². The Morgan fingerprint density at radius 1 is 1.00 bits per heavy atom. The highest BCUT2D eigenvalue weighted by atomic mass is 32.2. The van der Waals surface area contributed by atoms with Crippen LogP contribution in [0.4, 0.5) is 10.1 Å². The molecule has 6 nitrogen and oxygen atoms in total. The molecule has 4 rings (SSSR count). The molecule has 30 heavy (non-hydrogen) atoms. The third-order valence-corrected chi connectivity index (χ3v) is 4.94. The minimum Gasteiger partial charge on any atom is -0.322 e. The number of aromatic nitrogens is 3. The SMILES string of the molecule is N#CSc1ccc(NC(=O)c2ccc(-n3nncc3-c3ccc(F)cc3)cc2)cc1. The smallest absolute Gasteiger partial charge is 0.255 e. The van der Waals surface area contributed by atoms with Crippen LogP contribution in [0.25, 0.3) is 16.9 Å². The van der Waals surface area contributed by atoms with Crippen molar-refractivity contribution in [2.24, 2.45) is 0 Å². The zero-order chi connectivity index (χ0) is 20.9. The van der Waals surface area contributed by atoms with Gasteiger partial charge in [-0.1, -0.05) is 5.21 Å². The highest BCUT2D eigenvalue weighted by molar-refractivity contribution is 8.03. The van der Waals surface area contributed by atoms with Crippen molar-refractivity contribution in [3.63, 3.8) is 0 Å². The van der Waals surface area contributed by atoms with Gasteiger partial charge in [-0.05, 0) is 84.6 Å². The van der Waals surface area contributed by atoms with E-state index in [4.69, 9.17) is 5.26 Å². The van der Waals surface area contributed by atoms with Gasteiger partial charge in [0.2, 0.25) is 0 Å². The van der Waals surface area contributed by atoms with E-state index in [1.54, 1.807) is 71.5 Å². The van der Waals surface area contributed by atoms with Crippen LogP contribution in [0, 0.1) is 16.5 Å². The number of nitrogens with zero attached hydrogens (tertiary/aromatic N) is 4. The van der Waals surface area contributed by atoms with E-state index >= 15 is 0 Å². The van der Waals surface area contributed by atoms with Gasteiger partial charge >= 0.3 is 0 Å². The van der Waals surface area contributed by atoms with Crippen LogP contribution in [-0.4, -0.2) is 20.9 Å². The van der Waals surface area contributed by atoms with Crippen molar-refractivity contribution in [1.82, 2.24) is 15.0 Å². The number of hydrogen-bond donors (Lipinski definition) is 1. The van der Waals surface area contributed by atoms with E-state index in [9.17, 15) is 9.18 Å². The number of anilines is 1. The molecule has 0 saturated heterocycles. The molecule has 0 saturated carbocycles. The van der Waals surface area contributed by atoms with Gasteiger partial charge < -0.3 is 5.32 Å². The Balaban J connectivity index is 1.51. The summed E-state index contributed by atoms with van der Waals surface area (Å²) < 4.78 is 14.8. The molecule has 0 bridgehead atoms. The molecule has 0 fully saturated rings. The van der Waals surface area contributed by atoms with Gasteiger partial charge in [0.25, 0.3) is 5.91 Å². The Bertz CT molecular complexity index is 1210.